The zero-order chi connectivity index (χ0) is 20.5. The van der Waals surface area contributed by atoms with Gasteiger partial charge in [-0.1, -0.05) is 104 Å². The third-order valence-electron chi connectivity index (χ3n) is 6.34. The predicted molar refractivity (Wildman–Crippen MR) is 126 cm³/mol. The van der Waals surface area contributed by atoms with Gasteiger partial charge in [0.05, 0.1) is 0 Å². The van der Waals surface area contributed by atoms with Crippen LogP contribution in [0.1, 0.15) is 137 Å². The molecule has 0 aromatic heterocycles. The molecule has 0 N–H and O–H groups in total. The molecule has 0 radical (unpaired) electrons. The summed E-state index contributed by atoms with van der Waals surface area (Å²) in [5, 5.41) is 0. The molecule has 28 heavy (non-hydrogen) atoms. The number of nitrogens with zero attached hydrogens (tertiary/aromatic N) is 2. The highest BCUT2D eigenvalue weighted by molar-refractivity contribution is 4.98. The SMILES string of the molecule is CCCCCCCCCCCCCCN1C=CN(C(C)C)C1CCCCCC. The van der Waals surface area contributed by atoms with Crippen molar-refractivity contribution >= 4 is 0 Å². The summed E-state index contributed by atoms with van der Waals surface area (Å²) in [4.78, 5) is 5.20. The summed E-state index contributed by atoms with van der Waals surface area (Å²) in [6.07, 6.45) is 29.3. The van der Waals surface area contributed by atoms with E-state index in [1.807, 2.05) is 0 Å². The molecule has 0 aliphatic carbocycles. The molecule has 0 aromatic rings. The summed E-state index contributed by atoms with van der Waals surface area (Å²) < 4.78 is 0. The zero-order valence-electron chi connectivity index (χ0n) is 19.9. The van der Waals surface area contributed by atoms with Crippen LogP contribution in [0, 0.1) is 0 Å². The molecule has 0 spiro atoms. The van der Waals surface area contributed by atoms with Crippen LogP contribution in [0.2, 0.25) is 0 Å². The van der Waals surface area contributed by atoms with Crippen molar-refractivity contribution in [1.29, 1.82) is 0 Å². The topological polar surface area (TPSA) is 6.48 Å². The fourth-order valence-electron chi connectivity index (χ4n) is 4.48. The number of rotatable bonds is 19. The largest absolute Gasteiger partial charge is 0.356 e. The summed E-state index contributed by atoms with van der Waals surface area (Å²) in [6, 6.07) is 0.611. The molecule has 1 heterocycles. The zero-order valence-corrected chi connectivity index (χ0v) is 19.9. The van der Waals surface area contributed by atoms with Crippen LogP contribution >= 0.6 is 0 Å². The molecule has 1 aliphatic heterocycles. The Labute approximate surface area is 178 Å². The highest BCUT2D eigenvalue weighted by Crippen LogP contribution is 2.24. The molecule has 1 atom stereocenters. The summed E-state index contributed by atoms with van der Waals surface area (Å²) in [5.41, 5.74) is 0. The Kier molecular flexibility index (Phi) is 15.6. The molecular weight excluding hydrogens is 340 g/mol. The van der Waals surface area contributed by atoms with Gasteiger partial charge in [-0.2, -0.15) is 0 Å². The van der Waals surface area contributed by atoms with Crippen molar-refractivity contribution in [1.82, 2.24) is 9.80 Å². The monoisotopic (exact) mass is 392 g/mol. The first-order valence-corrected chi connectivity index (χ1v) is 12.9. The highest BCUT2D eigenvalue weighted by atomic mass is 15.4. The van der Waals surface area contributed by atoms with E-state index < -0.39 is 0 Å². The Morgan fingerprint density at radius 3 is 1.57 bits per heavy atom. The minimum absolute atomic E-state index is 0.611. The first kappa shape index (κ1) is 25.4. The number of hydrogen-bond acceptors (Lipinski definition) is 2. The van der Waals surface area contributed by atoms with Gasteiger partial charge in [-0.05, 0) is 33.1 Å². The number of hydrogen-bond donors (Lipinski definition) is 0. The average molecular weight is 393 g/mol. The molecule has 0 aromatic carbocycles. The molecule has 1 unspecified atom stereocenters. The van der Waals surface area contributed by atoms with Crippen LogP contribution in [0.15, 0.2) is 12.4 Å². The molecule has 1 rings (SSSR count). The van der Waals surface area contributed by atoms with Crippen LogP contribution in [-0.4, -0.2) is 28.6 Å². The lowest BCUT2D eigenvalue weighted by molar-refractivity contribution is 0.114. The van der Waals surface area contributed by atoms with Crippen molar-refractivity contribution < 1.29 is 0 Å². The van der Waals surface area contributed by atoms with Gasteiger partial charge in [0, 0.05) is 25.0 Å². The van der Waals surface area contributed by atoms with E-state index >= 15 is 0 Å². The second-order valence-electron chi connectivity index (χ2n) is 9.30. The molecular formula is C26H52N2. The van der Waals surface area contributed by atoms with Crippen LogP contribution in [0.3, 0.4) is 0 Å². The van der Waals surface area contributed by atoms with Crippen molar-refractivity contribution in [2.75, 3.05) is 6.54 Å². The van der Waals surface area contributed by atoms with Crippen molar-refractivity contribution in [3.8, 4) is 0 Å². The fraction of sp³-hybridized carbons (Fsp3) is 0.923. The lowest BCUT2D eigenvalue weighted by Crippen LogP contribution is -2.42. The summed E-state index contributed by atoms with van der Waals surface area (Å²) >= 11 is 0. The molecule has 0 fully saturated rings. The minimum atomic E-state index is 0.611. The van der Waals surface area contributed by atoms with E-state index in [0.717, 1.165) is 0 Å². The van der Waals surface area contributed by atoms with Crippen molar-refractivity contribution in [2.45, 2.75) is 149 Å². The van der Waals surface area contributed by atoms with Crippen molar-refractivity contribution in [2.24, 2.45) is 0 Å². The second-order valence-corrected chi connectivity index (χ2v) is 9.30. The second kappa shape index (κ2) is 17.2. The molecule has 166 valence electrons. The minimum Gasteiger partial charge on any atom is -0.356 e. The number of unbranched alkanes of at least 4 members (excludes halogenated alkanes) is 14. The molecule has 2 nitrogen and oxygen atoms in total. The lowest BCUT2D eigenvalue weighted by atomic mass is 10.1. The normalized spacial score (nSPS) is 16.7. The van der Waals surface area contributed by atoms with Crippen LogP contribution in [-0.2, 0) is 0 Å². The van der Waals surface area contributed by atoms with Gasteiger partial charge in [0.1, 0.15) is 6.17 Å². The van der Waals surface area contributed by atoms with E-state index in [2.05, 4.69) is 49.9 Å². The molecule has 0 amide bonds. The first-order valence-electron chi connectivity index (χ1n) is 12.9. The van der Waals surface area contributed by atoms with E-state index in [4.69, 9.17) is 0 Å². The standard InChI is InChI=1S/C26H52N2/c1-5-7-9-11-12-13-14-15-16-17-18-20-22-27-23-24-28(25(3)4)26(27)21-19-10-8-6-2/h23-26H,5-22H2,1-4H3. The van der Waals surface area contributed by atoms with Gasteiger partial charge in [0.2, 0.25) is 0 Å². The molecule has 2 heteroatoms. The molecule has 1 aliphatic rings. The Bertz CT molecular complexity index is 363. The summed E-state index contributed by atoms with van der Waals surface area (Å²) in [6.45, 7) is 10.5. The van der Waals surface area contributed by atoms with Crippen molar-refractivity contribution in [3.63, 3.8) is 0 Å². The average Bonchev–Trinajstić information content (AvgIpc) is 3.09. The molecule has 0 saturated heterocycles. The van der Waals surface area contributed by atoms with Gasteiger partial charge >= 0.3 is 0 Å². The Hall–Kier alpha value is -0.660. The lowest BCUT2D eigenvalue weighted by Gasteiger charge is -2.35. The van der Waals surface area contributed by atoms with Gasteiger partial charge in [-0.15, -0.1) is 0 Å². The van der Waals surface area contributed by atoms with E-state index in [0.29, 0.717) is 12.2 Å². The van der Waals surface area contributed by atoms with Gasteiger partial charge in [0.25, 0.3) is 0 Å². The van der Waals surface area contributed by atoms with Crippen molar-refractivity contribution in [3.05, 3.63) is 12.4 Å². The fourth-order valence-corrected chi connectivity index (χ4v) is 4.48. The Morgan fingerprint density at radius 2 is 1.07 bits per heavy atom. The highest BCUT2D eigenvalue weighted by Gasteiger charge is 2.26. The van der Waals surface area contributed by atoms with Gasteiger partial charge < -0.3 is 9.80 Å². The van der Waals surface area contributed by atoms with E-state index in [-0.39, 0.29) is 0 Å². The maximum absolute atomic E-state index is 2.63. The first-order chi connectivity index (χ1) is 13.7. The van der Waals surface area contributed by atoms with Gasteiger partial charge in [-0.3, -0.25) is 0 Å². The van der Waals surface area contributed by atoms with Crippen LogP contribution in [0.5, 0.6) is 0 Å². The van der Waals surface area contributed by atoms with E-state index in [9.17, 15) is 0 Å². The van der Waals surface area contributed by atoms with Gasteiger partial charge in [-0.25, -0.2) is 0 Å². The Balaban J connectivity index is 2.07. The van der Waals surface area contributed by atoms with Gasteiger partial charge in [0.15, 0.2) is 0 Å². The third-order valence-corrected chi connectivity index (χ3v) is 6.34. The van der Waals surface area contributed by atoms with Crippen LogP contribution in [0.4, 0.5) is 0 Å². The Morgan fingerprint density at radius 1 is 0.607 bits per heavy atom. The van der Waals surface area contributed by atoms with Crippen LogP contribution in [0.25, 0.3) is 0 Å². The van der Waals surface area contributed by atoms with E-state index in [1.165, 1.54) is 116 Å². The summed E-state index contributed by atoms with van der Waals surface area (Å²) in [5.74, 6) is 0. The quantitative estimate of drug-likeness (QED) is 0.203. The maximum Gasteiger partial charge on any atom is 0.101 e. The smallest absolute Gasteiger partial charge is 0.101 e. The van der Waals surface area contributed by atoms with E-state index in [1.54, 1.807) is 0 Å². The van der Waals surface area contributed by atoms with Crippen LogP contribution < -0.4 is 0 Å². The molecule has 0 bridgehead atoms. The predicted octanol–water partition coefficient (Wildman–Crippen LogP) is 8.48. The molecule has 0 saturated carbocycles. The maximum atomic E-state index is 2.63. The third kappa shape index (κ3) is 11.4. The summed E-state index contributed by atoms with van der Waals surface area (Å²) in [7, 11) is 0.